The van der Waals surface area contributed by atoms with Crippen molar-refractivity contribution in [3.8, 4) is 0 Å². The van der Waals surface area contributed by atoms with Crippen LogP contribution < -0.4 is 0 Å². The topological polar surface area (TPSA) is 17.1 Å². The number of hydrogen-bond acceptors (Lipinski definition) is 1. The summed E-state index contributed by atoms with van der Waals surface area (Å²) in [6, 6.07) is 0. The Bertz CT molecular complexity index is 134. The molecule has 0 saturated heterocycles. The van der Waals surface area contributed by atoms with Crippen molar-refractivity contribution in [2.45, 2.75) is 33.6 Å². The lowest BCUT2D eigenvalue weighted by molar-refractivity contribution is -0.113. The third-order valence-corrected chi connectivity index (χ3v) is 2.89. The van der Waals surface area contributed by atoms with E-state index < -0.39 is 0 Å². The molecule has 1 aliphatic carbocycles. The SMILES string of the molecule is CCC1(CC)C(=O)C1C. The summed E-state index contributed by atoms with van der Waals surface area (Å²) in [5, 5.41) is 0. The highest BCUT2D eigenvalue weighted by Gasteiger charge is 2.58. The lowest BCUT2D eigenvalue weighted by Crippen LogP contribution is -2.00. The van der Waals surface area contributed by atoms with Crippen LogP contribution in [0.15, 0.2) is 0 Å². The Labute approximate surface area is 56.4 Å². The van der Waals surface area contributed by atoms with Crippen LogP contribution in [0.1, 0.15) is 33.6 Å². The van der Waals surface area contributed by atoms with E-state index in [4.69, 9.17) is 0 Å². The van der Waals surface area contributed by atoms with Crippen LogP contribution in [0.2, 0.25) is 0 Å². The predicted molar refractivity (Wildman–Crippen MR) is 37.2 cm³/mol. The average Bonchev–Trinajstić information content (AvgIpc) is 2.39. The van der Waals surface area contributed by atoms with Crippen molar-refractivity contribution in [1.82, 2.24) is 0 Å². The van der Waals surface area contributed by atoms with Gasteiger partial charge in [-0.3, -0.25) is 4.79 Å². The summed E-state index contributed by atoms with van der Waals surface area (Å²) in [5.74, 6) is 0.833. The van der Waals surface area contributed by atoms with Crippen molar-refractivity contribution in [2.75, 3.05) is 0 Å². The first kappa shape index (κ1) is 6.79. The molecule has 0 aromatic rings. The lowest BCUT2D eigenvalue weighted by atomic mass is 9.98. The first-order valence-corrected chi connectivity index (χ1v) is 3.73. The van der Waals surface area contributed by atoms with E-state index in [0.29, 0.717) is 11.7 Å². The second-order valence-electron chi connectivity index (χ2n) is 2.95. The molecule has 0 heterocycles. The minimum Gasteiger partial charge on any atom is -0.299 e. The Morgan fingerprint density at radius 1 is 1.44 bits per heavy atom. The summed E-state index contributed by atoms with van der Waals surface area (Å²) >= 11 is 0. The van der Waals surface area contributed by atoms with E-state index >= 15 is 0 Å². The number of ketones is 1. The molecule has 1 rings (SSSR count). The molecule has 1 aliphatic rings. The maximum atomic E-state index is 11.0. The van der Waals surface area contributed by atoms with Crippen LogP contribution in [-0.2, 0) is 4.79 Å². The number of hydrogen-bond donors (Lipinski definition) is 0. The molecular formula is C8H14O. The molecule has 0 aliphatic heterocycles. The fourth-order valence-corrected chi connectivity index (χ4v) is 1.77. The van der Waals surface area contributed by atoms with Crippen LogP contribution in [0.3, 0.4) is 0 Å². The summed E-state index contributed by atoms with van der Waals surface area (Å²) < 4.78 is 0. The summed E-state index contributed by atoms with van der Waals surface area (Å²) in [7, 11) is 0. The van der Waals surface area contributed by atoms with Crippen LogP contribution in [-0.4, -0.2) is 5.78 Å². The molecule has 9 heavy (non-hydrogen) atoms. The fraction of sp³-hybridized carbons (Fsp3) is 0.875. The van der Waals surface area contributed by atoms with Gasteiger partial charge in [-0.1, -0.05) is 20.8 Å². The Morgan fingerprint density at radius 3 is 1.78 bits per heavy atom. The Kier molecular flexibility index (Phi) is 1.38. The first-order chi connectivity index (χ1) is 4.19. The molecule has 1 unspecified atom stereocenters. The van der Waals surface area contributed by atoms with Crippen molar-refractivity contribution in [3.05, 3.63) is 0 Å². The molecule has 0 aromatic carbocycles. The zero-order valence-electron chi connectivity index (χ0n) is 6.40. The molecule has 0 N–H and O–H groups in total. The molecule has 52 valence electrons. The van der Waals surface area contributed by atoms with Gasteiger partial charge in [0.25, 0.3) is 0 Å². The van der Waals surface area contributed by atoms with E-state index in [-0.39, 0.29) is 5.41 Å². The summed E-state index contributed by atoms with van der Waals surface area (Å²) in [4.78, 5) is 11.0. The van der Waals surface area contributed by atoms with E-state index in [1.807, 2.05) is 6.92 Å². The molecule has 0 aromatic heterocycles. The molecule has 1 saturated carbocycles. The monoisotopic (exact) mass is 126 g/mol. The quantitative estimate of drug-likeness (QED) is 0.553. The third-order valence-electron chi connectivity index (χ3n) is 2.89. The van der Waals surface area contributed by atoms with Gasteiger partial charge in [0.1, 0.15) is 5.78 Å². The van der Waals surface area contributed by atoms with Crippen LogP contribution >= 0.6 is 0 Å². The zero-order chi connectivity index (χ0) is 7.07. The van der Waals surface area contributed by atoms with Gasteiger partial charge in [0.05, 0.1) is 0 Å². The molecule has 1 fully saturated rings. The van der Waals surface area contributed by atoms with Crippen LogP contribution in [0.5, 0.6) is 0 Å². The summed E-state index contributed by atoms with van der Waals surface area (Å²) in [6.07, 6.45) is 2.06. The lowest BCUT2D eigenvalue weighted by Gasteiger charge is -2.04. The zero-order valence-corrected chi connectivity index (χ0v) is 6.40. The normalized spacial score (nSPS) is 30.6. The van der Waals surface area contributed by atoms with E-state index in [9.17, 15) is 4.79 Å². The summed E-state index contributed by atoms with van der Waals surface area (Å²) in [5.41, 5.74) is 0.111. The smallest absolute Gasteiger partial charge is 0.143 e. The van der Waals surface area contributed by atoms with E-state index in [0.717, 1.165) is 12.8 Å². The average molecular weight is 126 g/mol. The molecule has 0 radical (unpaired) electrons. The minimum absolute atomic E-state index is 0.111. The van der Waals surface area contributed by atoms with Crippen LogP contribution in [0.4, 0.5) is 0 Å². The van der Waals surface area contributed by atoms with Gasteiger partial charge in [-0.25, -0.2) is 0 Å². The van der Waals surface area contributed by atoms with Crippen LogP contribution in [0.25, 0.3) is 0 Å². The molecule has 0 amide bonds. The number of rotatable bonds is 2. The highest BCUT2D eigenvalue weighted by atomic mass is 16.1. The van der Waals surface area contributed by atoms with Crippen LogP contribution in [0, 0.1) is 11.3 Å². The Morgan fingerprint density at radius 2 is 1.78 bits per heavy atom. The van der Waals surface area contributed by atoms with Crippen molar-refractivity contribution in [2.24, 2.45) is 11.3 Å². The standard InChI is InChI=1S/C8H14O/c1-4-8(5-2)6(3)7(8)9/h6H,4-5H2,1-3H3. The van der Waals surface area contributed by atoms with Gasteiger partial charge >= 0.3 is 0 Å². The first-order valence-electron chi connectivity index (χ1n) is 3.73. The second kappa shape index (κ2) is 1.83. The number of carbonyl (C=O) groups excluding carboxylic acids is 1. The minimum atomic E-state index is 0.111. The van der Waals surface area contributed by atoms with Crippen molar-refractivity contribution < 1.29 is 4.79 Å². The molecule has 0 spiro atoms. The fourth-order valence-electron chi connectivity index (χ4n) is 1.77. The molecule has 1 atom stereocenters. The van der Waals surface area contributed by atoms with Gasteiger partial charge in [-0.2, -0.15) is 0 Å². The third kappa shape index (κ3) is 0.637. The van der Waals surface area contributed by atoms with Gasteiger partial charge in [0.15, 0.2) is 0 Å². The highest BCUT2D eigenvalue weighted by Crippen LogP contribution is 2.52. The molecule has 1 nitrogen and oxygen atoms in total. The molecule has 1 heteroatoms. The maximum Gasteiger partial charge on any atom is 0.143 e. The van der Waals surface area contributed by atoms with Crippen molar-refractivity contribution >= 4 is 5.78 Å². The van der Waals surface area contributed by atoms with E-state index in [1.165, 1.54) is 0 Å². The second-order valence-corrected chi connectivity index (χ2v) is 2.95. The van der Waals surface area contributed by atoms with Gasteiger partial charge < -0.3 is 0 Å². The number of Topliss-reactive ketones (excluding diaryl/α,β-unsaturated/α-hetero) is 1. The largest absolute Gasteiger partial charge is 0.299 e. The Hall–Kier alpha value is -0.330. The van der Waals surface area contributed by atoms with E-state index in [2.05, 4.69) is 13.8 Å². The van der Waals surface area contributed by atoms with Gasteiger partial charge in [-0.15, -0.1) is 0 Å². The van der Waals surface area contributed by atoms with Crippen molar-refractivity contribution in [3.63, 3.8) is 0 Å². The predicted octanol–water partition coefficient (Wildman–Crippen LogP) is 2.01. The molecular weight excluding hydrogens is 112 g/mol. The summed E-state index contributed by atoms with van der Waals surface area (Å²) in [6.45, 7) is 6.24. The van der Waals surface area contributed by atoms with Gasteiger partial charge in [0, 0.05) is 11.3 Å². The van der Waals surface area contributed by atoms with Gasteiger partial charge in [0.2, 0.25) is 0 Å². The van der Waals surface area contributed by atoms with Gasteiger partial charge in [-0.05, 0) is 12.8 Å². The maximum absolute atomic E-state index is 11.0. The molecule has 0 bridgehead atoms. The Balaban J connectivity index is 2.65. The number of carbonyl (C=O) groups is 1. The van der Waals surface area contributed by atoms with E-state index in [1.54, 1.807) is 0 Å². The highest BCUT2D eigenvalue weighted by molar-refractivity contribution is 6.03. The van der Waals surface area contributed by atoms with Crippen molar-refractivity contribution in [1.29, 1.82) is 0 Å².